The summed E-state index contributed by atoms with van der Waals surface area (Å²) in [5.74, 6) is 0. The van der Waals surface area contributed by atoms with Crippen LogP contribution in [0.1, 0.15) is 18.2 Å². The Morgan fingerprint density at radius 2 is 2.31 bits per heavy atom. The molecular formula is C12H16N4. The summed E-state index contributed by atoms with van der Waals surface area (Å²) in [4.78, 5) is 4.41. The summed E-state index contributed by atoms with van der Waals surface area (Å²) in [6, 6.07) is 6.07. The first-order valence-electron chi connectivity index (χ1n) is 5.50. The minimum atomic E-state index is 0.731. The zero-order valence-electron chi connectivity index (χ0n) is 9.43. The Balaban J connectivity index is 1.96. The van der Waals surface area contributed by atoms with E-state index in [4.69, 9.17) is 0 Å². The highest BCUT2D eigenvalue weighted by atomic mass is 15.3. The number of hydrogen-bond donors (Lipinski definition) is 1. The van der Waals surface area contributed by atoms with E-state index in [1.807, 2.05) is 29.2 Å². The van der Waals surface area contributed by atoms with E-state index in [-0.39, 0.29) is 0 Å². The van der Waals surface area contributed by atoms with Crippen LogP contribution in [0, 0.1) is 0 Å². The molecule has 2 aromatic heterocycles. The number of aromatic nitrogens is 3. The zero-order valence-corrected chi connectivity index (χ0v) is 9.43. The van der Waals surface area contributed by atoms with Gasteiger partial charge in [-0.15, -0.1) is 0 Å². The molecule has 4 nitrogen and oxygen atoms in total. The number of nitrogens with one attached hydrogen (secondary N) is 1. The molecule has 1 N–H and O–H groups in total. The maximum atomic E-state index is 4.41. The molecule has 0 aliphatic carbocycles. The van der Waals surface area contributed by atoms with Crippen LogP contribution in [-0.4, -0.2) is 21.3 Å². The van der Waals surface area contributed by atoms with Crippen LogP contribution in [0.25, 0.3) is 0 Å². The van der Waals surface area contributed by atoms with Crippen molar-refractivity contribution < 1.29 is 0 Å². The van der Waals surface area contributed by atoms with E-state index in [9.17, 15) is 0 Å². The summed E-state index contributed by atoms with van der Waals surface area (Å²) < 4.78 is 1.87. The Morgan fingerprint density at radius 3 is 2.94 bits per heavy atom. The van der Waals surface area contributed by atoms with Crippen molar-refractivity contribution in [2.75, 3.05) is 6.54 Å². The van der Waals surface area contributed by atoms with Gasteiger partial charge in [-0.25, -0.2) is 0 Å². The SMILES string of the molecule is CCNCc1ccc(Cn2cccn2)nc1. The molecule has 2 heterocycles. The number of hydrogen-bond acceptors (Lipinski definition) is 3. The summed E-state index contributed by atoms with van der Waals surface area (Å²) in [6.07, 6.45) is 5.63. The second kappa shape index (κ2) is 5.42. The number of nitrogens with zero attached hydrogens (tertiary/aromatic N) is 3. The number of pyridine rings is 1. The first-order valence-corrected chi connectivity index (χ1v) is 5.50. The van der Waals surface area contributed by atoms with E-state index in [1.165, 1.54) is 5.56 Å². The molecule has 0 saturated carbocycles. The third-order valence-electron chi connectivity index (χ3n) is 2.35. The molecule has 2 rings (SSSR count). The summed E-state index contributed by atoms with van der Waals surface area (Å²) >= 11 is 0. The molecule has 0 unspecified atom stereocenters. The minimum absolute atomic E-state index is 0.731. The molecule has 16 heavy (non-hydrogen) atoms. The van der Waals surface area contributed by atoms with Crippen LogP contribution in [0.15, 0.2) is 36.8 Å². The second-order valence-corrected chi connectivity index (χ2v) is 3.64. The van der Waals surface area contributed by atoms with Gasteiger partial charge in [0.25, 0.3) is 0 Å². The average molecular weight is 216 g/mol. The van der Waals surface area contributed by atoms with Crippen molar-refractivity contribution in [3.05, 3.63) is 48.0 Å². The molecule has 0 aromatic carbocycles. The predicted molar refractivity (Wildman–Crippen MR) is 62.9 cm³/mol. The van der Waals surface area contributed by atoms with Gasteiger partial charge in [-0.2, -0.15) is 5.10 Å². The van der Waals surface area contributed by atoms with Gasteiger partial charge in [-0.3, -0.25) is 9.67 Å². The summed E-state index contributed by atoms with van der Waals surface area (Å²) in [5.41, 5.74) is 2.25. The quantitative estimate of drug-likeness (QED) is 0.822. The Labute approximate surface area is 95.3 Å². The van der Waals surface area contributed by atoms with Crippen molar-refractivity contribution in [2.45, 2.75) is 20.0 Å². The standard InChI is InChI=1S/C12H16N4/c1-2-13-8-11-4-5-12(14-9-11)10-16-7-3-6-15-16/h3-7,9,13H,2,8,10H2,1H3. The molecule has 0 spiro atoms. The van der Waals surface area contributed by atoms with Gasteiger partial charge in [0.2, 0.25) is 0 Å². The fourth-order valence-electron chi connectivity index (χ4n) is 1.48. The molecule has 0 aliphatic rings. The third kappa shape index (κ3) is 2.90. The van der Waals surface area contributed by atoms with Crippen LogP contribution in [-0.2, 0) is 13.1 Å². The van der Waals surface area contributed by atoms with E-state index >= 15 is 0 Å². The lowest BCUT2D eigenvalue weighted by molar-refractivity contribution is 0.669. The lowest BCUT2D eigenvalue weighted by atomic mass is 10.2. The first-order chi connectivity index (χ1) is 7.88. The van der Waals surface area contributed by atoms with Crippen LogP contribution in [0.4, 0.5) is 0 Å². The number of rotatable bonds is 5. The molecule has 0 bridgehead atoms. The Kier molecular flexibility index (Phi) is 3.66. The van der Waals surface area contributed by atoms with Gasteiger partial charge >= 0.3 is 0 Å². The molecule has 84 valence electrons. The van der Waals surface area contributed by atoms with E-state index in [0.717, 1.165) is 25.3 Å². The van der Waals surface area contributed by atoms with Crippen molar-refractivity contribution in [1.82, 2.24) is 20.1 Å². The van der Waals surface area contributed by atoms with E-state index in [2.05, 4.69) is 28.4 Å². The molecule has 2 aromatic rings. The van der Waals surface area contributed by atoms with Gasteiger partial charge in [0.1, 0.15) is 0 Å². The van der Waals surface area contributed by atoms with E-state index in [1.54, 1.807) is 6.20 Å². The summed E-state index contributed by atoms with van der Waals surface area (Å²) in [5, 5.41) is 7.42. The lowest BCUT2D eigenvalue weighted by Gasteiger charge is -2.04. The average Bonchev–Trinajstić information content (AvgIpc) is 2.81. The van der Waals surface area contributed by atoms with Crippen LogP contribution in [0.2, 0.25) is 0 Å². The molecule has 0 atom stereocenters. The highest BCUT2D eigenvalue weighted by Crippen LogP contribution is 2.01. The van der Waals surface area contributed by atoms with Gasteiger partial charge in [-0.05, 0) is 24.2 Å². The van der Waals surface area contributed by atoms with E-state index < -0.39 is 0 Å². The molecule has 0 amide bonds. The Hall–Kier alpha value is -1.68. The monoisotopic (exact) mass is 216 g/mol. The third-order valence-corrected chi connectivity index (χ3v) is 2.35. The first kappa shape index (κ1) is 10.8. The topological polar surface area (TPSA) is 42.7 Å². The Morgan fingerprint density at radius 1 is 1.38 bits per heavy atom. The molecule has 0 radical (unpaired) electrons. The maximum Gasteiger partial charge on any atom is 0.0831 e. The maximum absolute atomic E-state index is 4.41. The highest BCUT2D eigenvalue weighted by molar-refractivity contribution is 5.14. The van der Waals surface area contributed by atoms with Gasteiger partial charge in [-0.1, -0.05) is 13.0 Å². The predicted octanol–water partition coefficient (Wildman–Crippen LogP) is 1.44. The molecular weight excluding hydrogens is 200 g/mol. The molecule has 4 heteroatoms. The fraction of sp³-hybridized carbons (Fsp3) is 0.333. The zero-order chi connectivity index (χ0) is 11.2. The molecule has 0 aliphatic heterocycles. The lowest BCUT2D eigenvalue weighted by Crippen LogP contribution is -2.12. The van der Waals surface area contributed by atoms with Crippen LogP contribution < -0.4 is 5.32 Å². The molecule has 0 fully saturated rings. The van der Waals surface area contributed by atoms with Crippen molar-refractivity contribution in [3.8, 4) is 0 Å². The van der Waals surface area contributed by atoms with Crippen molar-refractivity contribution in [1.29, 1.82) is 0 Å². The van der Waals surface area contributed by atoms with Crippen LogP contribution in [0.5, 0.6) is 0 Å². The summed E-state index contributed by atoms with van der Waals surface area (Å²) in [6.45, 7) is 4.69. The molecule has 0 saturated heterocycles. The fourth-order valence-corrected chi connectivity index (χ4v) is 1.48. The summed E-state index contributed by atoms with van der Waals surface area (Å²) in [7, 11) is 0. The minimum Gasteiger partial charge on any atom is -0.313 e. The second-order valence-electron chi connectivity index (χ2n) is 3.64. The smallest absolute Gasteiger partial charge is 0.0831 e. The van der Waals surface area contributed by atoms with Gasteiger partial charge in [0, 0.05) is 25.1 Å². The highest BCUT2D eigenvalue weighted by Gasteiger charge is 1.97. The van der Waals surface area contributed by atoms with Crippen LogP contribution >= 0.6 is 0 Å². The van der Waals surface area contributed by atoms with Crippen molar-refractivity contribution in [3.63, 3.8) is 0 Å². The van der Waals surface area contributed by atoms with Gasteiger partial charge in [0.15, 0.2) is 0 Å². The van der Waals surface area contributed by atoms with Gasteiger partial charge in [0.05, 0.1) is 12.2 Å². The van der Waals surface area contributed by atoms with Crippen LogP contribution in [0.3, 0.4) is 0 Å². The largest absolute Gasteiger partial charge is 0.313 e. The van der Waals surface area contributed by atoms with Crippen molar-refractivity contribution >= 4 is 0 Å². The van der Waals surface area contributed by atoms with E-state index in [0.29, 0.717) is 0 Å². The van der Waals surface area contributed by atoms with Gasteiger partial charge < -0.3 is 5.32 Å². The normalized spacial score (nSPS) is 10.6. The van der Waals surface area contributed by atoms with Crippen molar-refractivity contribution in [2.24, 2.45) is 0 Å². The Bertz CT molecular complexity index is 405.